The van der Waals surface area contributed by atoms with E-state index in [1.54, 1.807) is 18.3 Å². The van der Waals surface area contributed by atoms with Crippen LogP contribution in [0.25, 0.3) is 11.4 Å². The molecular weight excluding hydrogens is 324 g/mol. The summed E-state index contributed by atoms with van der Waals surface area (Å²) in [5, 5.41) is 22.1. The maximum atomic E-state index is 10.8. The molecule has 0 saturated carbocycles. The van der Waals surface area contributed by atoms with E-state index in [-0.39, 0.29) is 5.56 Å². The van der Waals surface area contributed by atoms with Crippen molar-refractivity contribution in [1.82, 2.24) is 14.9 Å². The van der Waals surface area contributed by atoms with Crippen LogP contribution in [0.2, 0.25) is 0 Å². The fraction of sp³-hybridized carbons (Fsp3) is 0.0588. The lowest BCUT2D eigenvalue weighted by Crippen LogP contribution is -2.21. The summed E-state index contributed by atoms with van der Waals surface area (Å²) in [5.74, 6) is -0.599. The van der Waals surface area contributed by atoms with Gasteiger partial charge in [-0.05, 0) is 35.8 Å². The van der Waals surface area contributed by atoms with Crippen molar-refractivity contribution in [1.29, 1.82) is 0 Å². The monoisotopic (exact) mass is 337 g/mol. The van der Waals surface area contributed by atoms with Crippen molar-refractivity contribution in [2.45, 2.75) is 6.92 Å². The number of carboxylic acids is 1. The van der Waals surface area contributed by atoms with Gasteiger partial charge in [-0.2, -0.15) is 14.9 Å². The first-order chi connectivity index (χ1) is 11.6. The number of nitrogens with one attached hydrogen (secondary N) is 1. The Labute approximate surface area is 143 Å². The van der Waals surface area contributed by atoms with Gasteiger partial charge in [-0.15, -0.1) is 0 Å². The highest BCUT2D eigenvalue weighted by atomic mass is 32.1. The quantitative estimate of drug-likeness (QED) is 0.584. The molecule has 1 heterocycles. The number of carboxylic acid groups (broad SMARTS) is 1. The molecule has 120 valence electrons. The maximum absolute atomic E-state index is 10.8. The number of aromatic nitrogens is 3. The van der Waals surface area contributed by atoms with Gasteiger partial charge in [0, 0.05) is 5.56 Å². The molecule has 0 fully saturated rings. The number of benzene rings is 2. The molecule has 24 heavy (non-hydrogen) atoms. The molecule has 2 aromatic carbocycles. The zero-order valence-electron chi connectivity index (χ0n) is 12.8. The highest BCUT2D eigenvalue weighted by molar-refractivity contribution is 7.71. The number of H-pyrrole nitrogens is 1. The molecule has 0 saturated heterocycles. The summed E-state index contributed by atoms with van der Waals surface area (Å²) in [6.07, 6.45) is 1.59. The fourth-order valence-corrected chi connectivity index (χ4v) is 2.41. The van der Waals surface area contributed by atoms with Crippen molar-refractivity contribution in [2.24, 2.45) is 5.10 Å². The molecular formula is C17H13N4O2S-. The van der Waals surface area contributed by atoms with E-state index in [0.717, 1.165) is 16.7 Å². The lowest BCUT2D eigenvalue weighted by atomic mass is 10.1. The standard InChI is InChI=1S/C17H14N4O2S/c1-11-4-2-3-5-14(11)15-19-20-17(24)21(15)18-10-12-6-8-13(9-7-12)16(22)23/h2-10H,1H3,(H,20,24)(H,22,23)/p-1/b18-10-. The first kappa shape index (κ1) is 15.8. The van der Waals surface area contributed by atoms with Crippen molar-refractivity contribution in [3.8, 4) is 11.4 Å². The van der Waals surface area contributed by atoms with Crippen molar-refractivity contribution in [3.05, 3.63) is 70.0 Å². The highest BCUT2D eigenvalue weighted by Crippen LogP contribution is 2.21. The Kier molecular flexibility index (Phi) is 4.35. The van der Waals surface area contributed by atoms with Crippen LogP contribution in [0.1, 0.15) is 21.5 Å². The molecule has 0 atom stereocenters. The zero-order chi connectivity index (χ0) is 17.1. The van der Waals surface area contributed by atoms with Crippen LogP contribution in [-0.4, -0.2) is 27.1 Å². The average Bonchev–Trinajstić information content (AvgIpc) is 2.94. The number of aromatic carboxylic acids is 1. The third-order valence-corrected chi connectivity index (χ3v) is 3.77. The van der Waals surface area contributed by atoms with E-state index in [4.69, 9.17) is 12.2 Å². The van der Waals surface area contributed by atoms with Gasteiger partial charge in [0.1, 0.15) is 0 Å². The van der Waals surface area contributed by atoms with E-state index in [9.17, 15) is 9.90 Å². The molecule has 0 radical (unpaired) electrons. The lowest BCUT2D eigenvalue weighted by molar-refractivity contribution is -0.255. The Bertz CT molecular complexity index is 971. The molecule has 0 aliphatic carbocycles. The van der Waals surface area contributed by atoms with Crippen LogP contribution in [0.3, 0.4) is 0 Å². The van der Waals surface area contributed by atoms with E-state index in [1.165, 1.54) is 16.8 Å². The highest BCUT2D eigenvalue weighted by Gasteiger charge is 2.09. The van der Waals surface area contributed by atoms with E-state index in [0.29, 0.717) is 10.6 Å². The van der Waals surface area contributed by atoms with Crippen LogP contribution < -0.4 is 5.11 Å². The zero-order valence-corrected chi connectivity index (χ0v) is 13.6. The first-order valence-electron chi connectivity index (χ1n) is 7.15. The molecule has 0 amide bonds. The number of nitrogens with zero attached hydrogens (tertiary/aromatic N) is 3. The number of hydrogen-bond acceptors (Lipinski definition) is 5. The Balaban J connectivity index is 1.96. The van der Waals surface area contributed by atoms with Crippen molar-refractivity contribution in [2.75, 3.05) is 0 Å². The number of hydrogen-bond donors (Lipinski definition) is 1. The summed E-state index contributed by atoms with van der Waals surface area (Å²) in [6.45, 7) is 1.99. The molecule has 0 bridgehead atoms. The largest absolute Gasteiger partial charge is 0.545 e. The van der Waals surface area contributed by atoms with Crippen molar-refractivity contribution in [3.63, 3.8) is 0 Å². The van der Waals surface area contributed by atoms with Gasteiger partial charge in [-0.25, -0.2) is 5.10 Å². The van der Waals surface area contributed by atoms with E-state index >= 15 is 0 Å². The summed E-state index contributed by atoms with van der Waals surface area (Å²) in [5.41, 5.74) is 2.84. The molecule has 3 aromatic rings. The van der Waals surface area contributed by atoms with Crippen LogP contribution in [0, 0.1) is 11.7 Å². The number of aromatic amines is 1. The SMILES string of the molecule is Cc1ccccc1-c1n[nH]c(=S)n1/N=C\c1ccc(C(=O)[O-])cc1. The van der Waals surface area contributed by atoms with Gasteiger partial charge < -0.3 is 9.90 Å². The molecule has 6 nitrogen and oxygen atoms in total. The molecule has 1 aromatic heterocycles. The summed E-state index contributed by atoms with van der Waals surface area (Å²) in [7, 11) is 0. The van der Waals surface area contributed by atoms with Gasteiger partial charge in [-0.3, -0.25) is 0 Å². The molecule has 0 spiro atoms. The van der Waals surface area contributed by atoms with Gasteiger partial charge in [0.25, 0.3) is 0 Å². The molecule has 0 aliphatic rings. The van der Waals surface area contributed by atoms with Gasteiger partial charge in [0.05, 0.1) is 12.2 Å². The second-order valence-corrected chi connectivity index (χ2v) is 5.52. The van der Waals surface area contributed by atoms with Crippen LogP contribution >= 0.6 is 12.2 Å². The second-order valence-electron chi connectivity index (χ2n) is 5.13. The van der Waals surface area contributed by atoms with Crippen LogP contribution in [-0.2, 0) is 0 Å². The van der Waals surface area contributed by atoms with E-state index in [2.05, 4.69) is 15.3 Å². The minimum Gasteiger partial charge on any atom is -0.545 e. The first-order valence-corrected chi connectivity index (χ1v) is 7.56. The van der Waals surface area contributed by atoms with Gasteiger partial charge >= 0.3 is 0 Å². The Morgan fingerprint density at radius 1 is 1.25 bits per heavy atom. The molecule has 0 aliphatic heterocycles. The summed E-state index contributed by atoms with van der Waals surface area (Å²) >= 11 is 5.23. The van der Waals surface area contributed by atoms with Gasteiger partial charge in [-0.1, -0.05) is 48.5 Å². The minimum absolute atomic E-state index is 0.118. The number of carbonyl (C=O) groups is 1. The van der Waals surface area contributed by atoms with Gasteiger partial charge in [0.15, 0.2) is 5.82 Å². The third-order valence-electron chi connectivity index (χ3n) is 3.51. The molecule has 1 N–H and O–H groups in total. The Morgan fingerprint density at radius 3 is 2.62 bits per heavy atom. The van der Waals surface area contributed by atoms with Crippen LogP contribution in [0.15, 0.2) is 53.6 Å². The number of rotatable bonds is 4. The third kappa shape index (κ3) is 3.16. The van der Waals surface area contributed by atoms with Crippen LogP contribution in [0.4, 0.5) is 0 Å². The smallest absolute Gasteiger partial charge is 0.216 e. The lowest BCUT2D eigenvalue weighted by Gasteiger charge is -2.04. The van der Waals surface area contributed by atoms with E-state index < -0.39 is 5.97 Å². The number of aryl methyl sites for hydroxylation is 1. The molecule has 0 unspecified atom stereocenters. The summed E-state index contributed by atoms with van der Waals surface area (Å²) in [6, 6.07) is 14.0. The number of carbonyl (C=O) groups excluding carboxylic acids is 1. The average molecular weight is 337 g/mol. The second kappa shape index (κ2) is 6.59. The predicted octanol–water partition coefficient (Wildman–Crippen LogP) is 2.16. The molecule has 7 heteroatoms. The molecule has 3 rings (SSSR count). The Morgan fingerprint density at radius 2 is 1.96 bits per heavy atom. The predicted molar refractivity (Wildman–Crippen MR) is 91.3 cm³/mol. The normalized spacial score (nSPS) is 11.0. The fourth-order valence-electron chi connectivity index (χ4n) is 2.23. The minimum atomic E-state index is -1.21. The maximum Gasteiger partial charge on any atom is 0.216 e. The topological polar surface area (TPSA) is 86.1 Å². The van der Waals surface area contributed by atoms with Crippen molar-refractivity contribution < 1.29 is 9.90 Å². The summed E-state index contributed by atoms with van der Waals surface area (Å²) in [4.78, 5) is 10.8. The van der Waals surface area contributed by atoms with Crippen LogP contribution in [0.5, 0.6) is 0 Å². The van der Waals surface area contributed by atoms with E-state index in [1.807, 2.05) is 31.2 Å². The summed E-state index contributed by atoms with van der Waals surface area (Å²) < 4.78 is 1.90. The van der Waals surface area contributed by atoms with Crippen molar-refractivity contribution >= 4 is 24.4 Å². The Hall–Kier alpha value is -3.06. The van der Waals surface area contributed by atoms with Gasteiger partial charge in [0.2, 0.25) is 4.77 Å².